The second kappa shape index (κ2) is 5.03. The minimum atomic E-state index is -0.0967. The maximum absolute atomic E-state index is 12.5. The molecule has 0 radical (unpaired) electrons. The van der Waals surface area contributed by atoms with Crippen molar-refractivity contribution in [2.45, 2.75) is 13.8 Å². The first-order chi connectivity index (χ1) is 4.70. The summed E-state index contributed by atoms with van der Waals surface area (Å²) in [5.74, 6) is -0.0967. The van der Waals surface area contributed by atoms with Crippen LogP contribution >= 0.6 is 0 Å². The van der Waals surface area contributed by atoms with Crippen molar-refractivity contribution in [3.05, 3.63) is 24.2 Å². The van der Waals surface area contributed by atoms with E-state index in [0.29, 0.717) is 6.54 Å². The summed E-state index contributed by atoms with van der Waals surface area (Å²) in [6.07, 6.45) is 5.19. The van der Waals surface area contributed by atoms with Crippen LogP contribution < -0.4 is 0 Å². The second-order valence-corrected chi connectivity index (χ2v) is 2.13. The summed E-state index contributed by atoms with van der Waals surface area (Å²) >= 11 is 0. The Hall–Kier alpha value is -0.790. The third-order valence-electron chi connectivity index (χ3n) is 1.12. The second-order valence-electron chi connectivity index (χ2n) is 2.13. The third-order valence-corrected chi connectivity index (χ3v) is 1.12. The van der Waals surface area contributed by atoms with Gasteiger partial charge in [-0.1, -0.05) is 12.2 Å². The molecule has 0 atom stereocenters. The fraction of sp³-hybridized carbons (Fsp3) is 0.500. The molecule has 0 fully saturated rings. The van der Waals surface area contributed by atoms with E-state index in [2.05, 4.69) is 0 Å². The van der Waals surface area contributed by atoms with E-state index in [-0.39, 0.29) is 5.83 Å². The van der Waals surface area contributed by atoms with Gasteiger partial charge in [-0.05, 0) is 20.0 Å². The fourth-order valence-electron chi connectivity index (χ4n) is 0.637. The molecule has 0 aliphatic heterocycles. The summed E-state index contributed by atoms with van der Waals surface area (Å²) in [6, 6.07) is 0. The number of nitrogens with zero attached hydrogens (tertiary/aromatic N) is 1. The van der Waals surface area contributed by atoms with Crippen molar-refractivity contribution < 1.29 is 4.39 Å². The van der Waals surface area contributed by atoms with Crippen molar-refractivity contribution in [1.29, 1.82) is 0 Å². The van der Waals surface area contributed by atoms with E-state index in [0.717, 1.165) is 0 Å². The molecule has 0 aliphatic rings. The highest BCUT2D eigenvalue weighted by molar-refractivity contribution is 4.93. The Balaban J connectivity index is 3.68. The Morgan fingerprint density at radius 1 is 1.50 bits per heavy atom. The van der Waals surface area contributed by atoms with Crippen LogP contribution in [0, 0.1) is 0 Å². The molecule has 58 valence electrons. The SMILES string of the molecule is C/C=C\N(C)C/C(F)=C\C. The molecule has 0 N–H and O–H groups in total. The molecule has 0 bridgehead atoms. The van der Waals surface area contributed by atoms with Gasteiger partial charge in [0.05, 0.1) is 6.54 Å². The van der Waals surface area contributed by atoms with Gasteiger partial charge in [-0.3, -0.25) is 0 Å². The Bertz CT molecular complexity index is 138. The van der Waals surface area contributed by atoms with Gasteiger partial charge in [0.1, 0.15) is 5.83 Å². The van der Waals surface area contributed by atoms with Crippen molar-refractivity contribution >= 4 is 0 Å². The first kappa shape index (κ1) is 9.21. The first-order valence-corrected chi connectivity index (χ1v) is 3.34. The van der Waals surface area contributed by atoms with Gasteiger partial charge in [0.15, 0.2) is 0 Å². The van der Waals surface area contributed by atoms with E-state index < -0.39 is 0 Å². The predicted molar refractivity (Wildman–Crippen MR) is 42.3 cm³/mol. The Kier molecular flexibility index (Phi) is 4.63. The van der Waals surface area contributed by atoms with E-state index >= 15 is 0 Å². The molecule has 0 aromatic rings. The summed E-state index contributed by atoms with van der Waals surface area (Å²) < 4.78 is 12.5. The lowest BCUT2D eigenvalue weighted by atomic mass is 10.4. The Labute approximate surface area is 61.8 Å². The maximum atomic E-state index is 12.5. The fourth-order valence-corrected chi connectivity index (χ4v) is 0.637. The van der Waals surface area contributed by atoms with Gasteiger partial charge in [-0.15, -0.1) is 0 Å². The van der Waals surface area contributed by atoms with Crippen LogP contribution in [0.15, 0.2) is 24.2 Å². The minimum Gasteiger partial charge on any atom is -0.374 e. The minimum absolute atomic E-state index is 0.0967. The van der Waals surface area contributed by atoms with Gasteiger partial charge >= 0.3 is 0 Å². The number of rotatable bonds is 3. The molecular formula is C8H14FN. The molecule has 0 amide bonds. The summed E-state index contributed by atoms with van der Waals surface area (Å²) in [5, 5.41) is 0. The number of allylic oxidation sites excluding steroid dienone is 2. The van der Waals surface area contributed by atoms with E-state index in [1.807, 2.05) is 26.2 Å². The van der Waals surface area contributed by atoms with Crippen molar-refractivity contribution in [2.24, 2.45) is 0 Å². The van der Waals surface area contributed by atoms with Crippen LogP contribution in [0.4, 0.5) is 4.39 Å². The Morgan fingerprint density at radius 3 is 2.50 bits per heavy atom. The molecule has 0 aromatic carbocycles. The molecule has 0 aromatic heterocycles. The highest BCUT2D eigenvalue weighted by atomic mass is 19.1. The van der Waals surface area contributed by atoms with E-state index in [1.54, 1.807) is 11.8 Å². The molecule has 0 saturated carbocycles. The number of hydrogen-bond donors (Lipinski definition) is 0. The zero-order valence-electron chi connectivity index (χ0n) is 6.76. The summed E-state index contributed by atoms with van der Waals surface area (Å²) in [7, 11) is 1.84. The predicted octanol–water partition coefficient (Wildman–Crippen LogP) is 2.33. The first-order valence-electron chi connectivity index (χ1n) is 3.34. The van der Waals surface area contributed by atoms with Gasteiger partial charge in [-0.2, -0.15) is 0 Å². The van der Waals surface area contributed by atoms with Crippen molar-refractivity contribution in [1.82, 2.24) is 4.90 Å². The monoisotopic (exact) mass is 143 g/mol. The molecule has 10 heavy (non-hydrogen) atoms. The van der Waals surface area contributed by atoms with E-state index in [1.165, 1.54) is 6.08 Å². The van der Waals surface area contributed by atoms with Crippen LogP contribution in [0.5, 0.6) is 0 Å². The number of likely N-dealkylation sites (N-methyl/N-ethyl adjacent to an activating group) is 1. The topological polar surface area (TPSA) is 3.24 Å². The molecule has 0 spiro atoms. The quantitative estimate of drug-likeness (QED) is 0.586. The van der Waals surface area contributed by atoms with Crippen LogP contribution in [0.1, 0.15) is 13.8 Å². The largest absolute Gasteiger partial charge is 0.374 e. The average molecular weight is 143 g/mol. The normalized spacial score (nSPS) is 12.6. The highest BCUT2D eigenvalue weighted by Gasteiger charge is 1.93. The van der Waals surface area contributed by atoms with E-state index in [4.69, 9.17) is 0 Å². The standard InChI is InChI=1S/C8H14FN/c1-4-6-10(3)7-8(9)5-2/h4-6H,7H2,1-3H3/b6-4-,8-5+. The molecule has 2 heteroatoms. The van der Waals surface area contributed by atoms with Crippen molar-refractivity contribution in [3.63, 3.8) is 0 Å². The van der Waals surface area contributed by atoms with Crippen LogP contribution in [0.25, 0.3) is 0 Å². The molecule has 0 rings (SSSR count). The van der Waals surface area contributed by atoms with Crippen LogP contribution in [0.3, 0.4) is 0 Å². The van der Waals surface area contributed by atoms with Crippen LogP contribution in [-0.4, -0.2) is 18.5 Å². The average Bonchev–Trinajstić information content (AvgIpc) is 1.88. The summed E-state index contributed by atoms with van der Waals surface area (Å²) in [5.41, 5.74) is 0. The number of hydrogen-bond acceptors (Lipinski definition) is 1. The van der Waals surface area contributed by atoms with E-state index in [9.17, 15) is 4.39 Å². The molecule has 0 heterocycles. The Morgan fingerprint density at radius 2 is 2.10 bits per heavy atom. The maximum Gasteiger partial charge on any atom is 0.115 e. The lowest BCUT2D eigenvalue weighted by molar-refractivity contribution is 0.437. The lowest BCUT2D eigenvalue weighted by Crippen LogP contribution is -2.12. The van der Waals surface area contributed by atoms with Gasteiger partial charge in [-0.25, -0.2) is 4.39 Å². The molecule has 1 nitrogen and oxygen atoms in total. The molecule has 0 aliphatic carbocycles. The van der Waals surface area contributed by atoms with Gasteiger partial charge in [0, 0.05) is 7.05 Å². The summed E-state index contributed by atoms with van der Waals surface area (Å²) in [6.45, 7) is 3.96. The lowest BCUT2D eigenvalue weighted by Gasteiger charge is -2.10. The van der Waals surface area contributed by atoms with Gasteiger partial charge in [0.25, 0.3) is 0 Å². The smallest absolute Gasteiger partial charge is 0.115 e. The van der Waals surface area contributed by atoms with Crippen LogP contribution in [-0.2, 0) is 0 Å². The molecule has 0 saturated heterocycles. The molecular weight excluding hydrogens is 129 g/mol. The zero-order chi connectivity index (χ0) is 7.98. The third kappa shape index (κ3) is 4.13. The van der Waals surface area contributed by atoms with Crippen molar-refractivity contribution in [2.75, 3.05) is 13.6 Å². The summed E-state index contributed by atoms with van der Waals surface area (Å²) in [4.78, 5) is 1.79. The van der Waals surface area contributed by atoms with Gasteiger partial charge in [0.2, 0.25) is 0 Å². The zero-order valence-corrected chi connectivity index (χ0v) is 6.76. The molecule has 0 unspecified atom stereocenters. The number of halogens is 1. The highest BCUT2D eigenvalue weighted by Crippen LogP contribution is 1.98. The van der Waals surface area contributed by atoms with Crippen molar-refractivity contribution in [3.8, 4) is 0 Å². The van der Waals surface area contributed by atoms with Crippen LogP contribution in [0.2, 0.25) is 0 Å². The van der Waals surface area contributed by atoms with Gasteiger partial charge < -0.3 is 4.90 Å².